The zero-order valence-corrected chi connectivity index (χ0v) is 8.46. The van der Waals surface area contributed by atoms with Crippen LogP contribution in [-0.2, 0) is 23.3 Å². The van der Waals surface area contributed by atoms with Gasteiger partial charge in [0.05, 0.1) is 0 Å². The molecule has 0 aromatic heterocycles. The fourth-order valence-electron chi connectivity index (χ4n) is 0.281. The van der Waals surface area contributed by atoms with Gasteiger partial charge in [-0.1, -0.05) is 0 Å². The molecule has 0 aliphatic heterocycles. The van der Waals surface area contributed by atoms with Crippen molar-refractivity contribution >= 4 is 5.43 Å². The first kappa shape index (κ1) is 8.22. The molecule has 0 unspecified atom stereocenters. The van der Waals surface area contributed by atoms with Gasteiger partial charge in [0, 0.05) is 0 Å². The minimum absolute atomic E-state index is 0.524. The second-order valence-electron chi connectivity index (χ2n) is 1.12. The van der Waals surface area contributed by atoms with Crippen LogP contribution in [0.2, 0.25) is 0 Å². The minimum atomic E-state index is -0.524. The van der Waals surface area contributed by atoms with E-state index >= 15 is 0 Å². The predicted molar refractivity (Wildman–Crippen MR) is 32.7 cm³/mol. The molecule has 0 saturated heterocycles. The molecule has 0 aliphatic rings. The Morgan fingerprint density at radius 1 is 1.12 bits per heavy atom. The van der Waals surface area contributed by atoms with Crippen molar-refractivity contribution in [2.45, 2.75) is 13.8 Å². The van der Waals surface area contributed by atoms with Crippen LogP contribution in [0, 0.1) is 22.9 Å². The van der Waals surface area contributed by atoms with E-state index in [4.69, 9.17) is 0 Å². The first-order chi connectivity index (χ1) is 3.81. The summed E-state index contributed by atoms with van der Waals surface area (Å²) in [6.07, 6.45) is 0. The Morgan fingerprint density at radius 2 is 1.50 bits per heavy atom. The van der Waals surface area contributed by atoms with Crippen molar-refractivity contribution in [3.8, 4) is 22.9 Å². The summed E-state index contributed by atoms with van der Waals surface area (Å²) >= 11 is 1.49. The molecular formula is C6H6SiZr+2. The molecule has 0 spiro atoms. The maximum absolute atomic E-state index is 3.06. The van der Waals surface area contributed by atoms with Crippen molar-refractivity contribution < 1.29 is 23.3 Å². The van der Waals surface area contributed by atoms with Crippen molar-refractivity contribution in [2.24, 2.45) is 0 Å². The van der Waals surface area contributed by atoms with E-state index in [1.807, 2.05) is 13.8 Å². The number of rotatable bonds is 0. The van der Waals surface area contributed by atoms with Crippen LogP contribution in [0.15, 0.2) is 0 Å². The Balaban J connectivity index is 3.92. The Kier molecular flexibility index (Phi) is 5.51. The third kappa shape index (κ3) is 4.38. The van der Waals surface area contributed by atoms with E-state index in [-0.39, 0.29) is 0 Å². The molecule has 0 nitrogen and oxygen atoms in total. The average Bonchev–Trinajstić information content (AvgIpc) is 1.68. The fraction of sp³-hybridized carbons (Fsp3) is 0.333. The van der Waals surface area contributed by atoms with E-state index in [9.17, 15) is 0 Å². The molecule has 0 atom stereocenters. The van der Waals surface area contributed by atoms with Crippen molar-refractivity contribution in [3.63, 3.8) is 0 Å². The van der Waals surface area contributed by atoms with Crippen LogP contribution in [0.25, 0.3) is 0 Å². The monoisotopic (exact) mass is 196 g/mol. The van der Waals surface area contributed by atoms with Gasteiger partial charge >= 0.3 is 65.5 Å². The average molecular weight is 197 g/mol. The molecule has 8 heavy (non-hydrogen) atoms. The van der Waals surface area contributed by atoms with E-state index in [0.717, 1.165) is 0 Å². The zero-order valence-electron chi connectivity index (χ0n) is 5.00. The van der Waals surface area contributed by atoms with Gasteiger partial charge in [-0.3, -0.25) is 0 Å². The van der Waals surface area contributed by atoms with Crippen molar-refractivity contribution in [1.29, 1.82) is 0 Å². The summed E-state index contributed by atoms with van der Waals surface area (Å²) in [4.78, 5) is 0. The third-order valence-corrected chi connectivity index (χ3v) is 3.34. The molecule has 0 aromatic carbocycles. The van der Waals surface area contributed by atoms with Gasteiger partial charge in [-0.25, -0.2) is 0 Å². The molecule has 2 heteroatoms. The van der Waals surface area contributed by atoms with Gasteiger partial charge < -0.3 is 0 Å². The van der Waals surface area contributed by atoms with Crippen LogP contribution in [0.3, 0.4) is 0 Å². The van der Waals surface area contributed by atoms with Crippen LogP contribution >= 0.6 is 0 Å². The molecule has 0 aliphatic carbocycles. The van der Waals surface area contributed by atoms with E-state index in [1.54, 1.807) is 0 Å². The van der Waals surface area contributed by atoms with Gasteiger partial charge in [-0.2, -0.15) is 0 Å². The molecule has 0 bridgehead atoms. The molecule has 0 radical (unpaired) electrons. The van der Waals surface area contributed by atoms with Gasteiger partial charge in [-0.05, 0) is 0 Å². The Labute approximate surface area is 65.4 Å². The Bertz CT molecular complexity index is 174. The standard InChI is InChI=1S/C6H6Si.Zr/c1-3-5-7-6-4-2;/h1-2H3;/q;+2. The van der Waals surface area contributed by atoms with Gasteiger partial charge in [-0.15, -0.1) is 0 Å². The number of hydrogen-bond donors (Lipinski definition) is 0. The summed E-state index contributed by atoms with van der Waals surface area (Å²) in [5.41, 5.74) is 5.61. The SMILES string of the molecule is CC#C[Si](=[Zr+2])C#CC. The van der Waals surface area contributed by atoms with E-state index in [0.29, 0.717) is 0 Å². The Hall–Kier alpha value is 0.220. The topological polar surface area (TPSA) is 0 Å². The second-order valence-corrected chi connectivity index (χ2v) is 6.06. The summed E-state index contributed by atoms with van der Waals surface area (Å²) in [7, 11) is 0. The summed E-state index contributed by atoms with van der Waals surface area (Å²) in [6, 6.07) is 0. The van der Waals surface area contributed by atoms with Gasteiger partial charge in [0.1, 0.15) is 0 Å². The molecule has 0 aromatic rings. The van der Waals surface area contributed by atoms with Gasteiger partial charge in [0.25, 0.3) is 0 Å². The first-order valence-corrected chi connectivity index (χ1v) is 7.44. The normalized spacial score (nSPS) is 5.50. The fourth-order valence-corrected chi connectivity index (χ4v) is 2.69. The molecule has 0 fully saturated rings. The molecular weight excluding hydrogens is 191 g/mol. The van der Waals surface area contributed by atoms with Crippen LogP contribution in [0.4, 0.5) is 0 Å². The summed E-state index contributed by atoms with van der Waals surface area (Å²) in [5.74, 6) is 5.74. The molecule has 0 saturated carbocycles. The van der Waals surface area contributed by atoms with Crippen LogP contribution in [0.5, 0.6) is 0 Å². The predicted octanol–water partition coefficient (Wildman–Crippen LogP) is 0.650. The van der Waals surface area contributed by atoms with E-state index in [2.05, 4.69) is 22.9 Å². The summed E-state index contributed by atoms with van der Waals surface area (Å²) in [5, 5.41) is 0. The van der Waals surface area contributed by atoms with E-state index in [1.165, 1.54) is 23.3 Å². The van der Waals surface area contributed by atoms with E-state index < -0.39 is 5.43 Å². The third-order valence-electron chi connectivity index (χ3n) is 0.500. The second kappa shape index (κ2) is 5.36. The molecule has 0 heterocycles. The van der Waals surface area contributed by atoms with Gasteiger partial charge in [0.2, 0.25) is 0 Å². The van der Waals surface area contributed by atoms with Crippen LogP contribution in [-0.4, -0.2) is 5.43 Å². The maximum atomic E-state index is 3.06. The molecule has 36 valence electrons. The molecule has 0 amide bonds. The van der Waals surface area contributed by atoms with Crippen molar-refractivity contribution in [3.05, 3.63) is 0 Å². The quantitative estimate of drug-likeness (QED) is 0.395. The first-order valence-electron chi connectivity index (χ1n) is 2.25. The summed E-state index contributed by atoms with van der Waals surface area (Å²) < 4.78 is 0. The number of hydrogen-bond acceptors (Lipinski definition) is 0. The van der Waals surface area contributed by atoms with Gasteiger partial charge in [0.15, 0.2) is 0 Å². The zero-order chi connectivity index (χ0) is 6.41. The van der Waals surface area contributed by atoms with Crippen LogP contribution in [0.1, 0.15) is 13.8 Å². The summed E-state index contributed by atoms with van der Waals surface area (Å²) in [6.45, 7) is 3.73. The molecule has 0 rings (SSSR count). The van der Waals surface area contributed by atoms with Crippen molar-refractivity contribution in [2.75, 3.05) is 0 Å². The van der Waals surface area contributed by atoms with Crippen LogP contribution < -0.4 is 0 Å². The Morgan fingerprint density at radius 3 is 1.75 bits per heavy atom. The molecule has 0 N–H and O–H groups in total. The van der Waals surface area contributed by atoms with Crippen molar-refractivity contribution in [1.82, 2.24) is 0 Å².